The zero-order chi connectivity index (χ0) is 16.7. The van der Waals surface area contributed by atoms with Crippen LogP contribution in [0.3, 0.4) is 0 Å². The molecule has 0 N–H and O–H groups in total. The molecule has 0 fully saturated rings. The smallest absolute Gasteiger partial charge is 0.151 e. The summed E-state index contributed by atoms with van der Waals surface area (Å²) < 4.78 is 1.97. The quantitative estimate of drug-likeness (QED) is 0.865. The lowest BCUT2D eigenvalue weighted by molar-refractivity contribution is 0.483. The van der Waals surface area contributed by atoms with Gasteiger partial charge in [-0.05, 0) is 37.0 Å². The van der Waals surface area contributed by atoms with Crippen LogP contribution < -0.4 is 0 Å². The fraction of sp³-hybridized carbons (Fsp3) is 0.368. The van der Waals surface area contributed by atoms with E-state index in [-0.39, 0.29) is 0 Å². The van der Waals surface area contributed by atoms with Crippen LogP contribution in [0.1, 0.15) is 32.8 Å². The molecule has 0 saturated heterocycles. The summed E-state index contributed by atoms with van der Waals surface area (Å²) in [6, 6.07) is 6.27. The van der Waals surface area contributed by atoms with E-state index in [0.717, 1.165) is 41.1 Å². The molecule has 0 atom stereocenters. The summed E-state index contributed by atoms with van der Waals surface area (Å²) in [4.78, 5) is 9.39. The minimum atomic E-state index is 0.543. The van der Waals surface area contributed by atoms with Crippen LogP contribution in [0.2, 0.25) is 0 Å². The Morgan fingerprint density at radius 2 is 2.12 bits per heavy atom. The number of rotatable bonds is 4. The highest BCUT2D eigenvalue weighted by atomic mass is 15.4. The Bertz CT molecular complexity index is 924. The molecule has 5 heteroatoms. The molecule has 2 aromatic rings. The highest BCUT2D eigenvalue weighted by Gasteiger charge is 2.19. The Morgan fingerprint density at radius 1 is 1.25 bits per heavy atom. The Balaban J connectivity index is 1.63. The third-order valence-corrected chi connectivity index (χ3v) is 4.44. The van der Waals surface area contributed by atoms with Crippen LogP contribution in [0.25, 0.3) is 11.0 Å². The first-order chi connectivity index (χ1) is 11.6. The Labute approximate surface area is 141 Å². The number of allylic oxidation sites excluding steroid dienone is 3. The van der Waals surface area contributed by atoms with E-state index in [1.807, 2.05) is 4.68 Å². The molecule has 0 spiro atoms. The minimum absolute atomic E-state index is 0.543. The van der Waals surface area contributed by atoms with Crippen molar-refractivity contribution in [2.45, 2.75) is 33.7 Å². The predicted molar refractivity (Wildman–Crippen MR) is 97.7 cm³/mol. The van der Waals surface area contributed by atoms with Crippen LogP contribution in [0.5, 0.6) is 0 Å². The first-order valence-electron chi connectivity index (χ1n) is 8.44. The van der Waals surface area contributed by atoms with E-state index in [0.29, 0.717) is 12.5 Å². The van der Waals surface area contributed by atoms with Crippen LogP contribution in [0.4, 0.5) is 0 Å². The average Bonchev–Trinajstić information content (AvgIpc) is 3.26. The number of nitrogens with zero attached hydrogens (tertiary/aromatic N) is 5. The van der Waals surface area contributed by atoms with E-state index in [1.165, 1.54) is 11.1 Å². The minimum Gasteiger partial charge on any atom is -0.260 e. The van der Waals surface area contributed by atoms with Gasteiger partial charge in [-0.1, -0.05) is 37.3 Å². The number of amidine groups is 1. The van der Waals surface area contributed by atoms with Gasteiger partial charge >= 0.3 is 0 Å². The van der Waals surface area contributed by atoms with E-state index in [1.54, 1.807) is 0 Å². The predicted octanol–water partition coefficient (Wildman–Crippen LogP) is 3.56. The standard InChI is InChI=1S/C19H21N5/c1-12(2)11-24-18-8-7-14(9-16(18)22-23-24)17-10-20-19(21-17)15-6-4-5-13(15)3/h4-5,7-9,12H,6,10-11H2,1-3H3. The summed E-state index contributed by atoms with van der Waals surface area (Å²) in [5, 5.41) is 8.59. The third-order valence-electron chi connectivity index (χ3n) is 4.44. The molecule has 0 radical (unpaired) electrons. The molecule has 24 heavy (non-hydrogen) atoms. The van der Waals surface area contributed by atoms with Crippen molar-refractivity contribution < 1.29 is 0 Å². The van der Waals surface area contributed by atoms with Crippen LogP contribution in [-0.4, -0.2) is 33.1 Å². The molecule has 0 bridgehead atoms. The van der Waals surface area contributed by atoms with Gasteiger partial charge in [-0.2, -0.15) is 0 Å². The zero-order valence-electron chi connectivity index (χ0n) is 14.3. The lowest BCUT2D eigenvalue weighted by Crippen LogP contribution is -2.06. The molecule has 1 aliphatic carbocycles. The SMILES string of the molecule is CC1=C(C2=NCC(c3ccc4c(c3)nnn4CC(C)C)=N2)CC=C1. The number of aliphatic imine (C=N–C) groups is 2. The molecule has 1 aromatic heterocycles. The maximum Gasteiger partial charge on any atom is 0.151 e. The molecule has 1 aromatic carbocycles. The number of hydrogen-bond donors (Lipinski definition) is 0. The van der Waals surface area contributed by atoms with Crippen molar-refractivity contribution >= 4 is 22.6 Å². The summed E-state index contributed by atoms with van der Waals surface area (Å²) in [5.74, 6) is 1.43. The second-order valence-electron chi connectivity index (χ2n) is 6.84. The van der Waals surface area contributed by atoms with Gasteiger partial charge < -0.3 is 0 Å². The van der Waals surface area contributed by atoms with Gasteiger partial charge in [-0.3, -0.25) is 4.99 Å². The Kier molecular flexibility index (Phi) is 3.63. The molecule has 0 amide bonds. The van der Waals surface area contributed by atoms with E-state index >= 15 is 0 Å². The lowest BCUT2D eigenvalue weighted by atomic mass is 10.1. The lowest BCUT2D eigenvalue weighted by Gasteiger charge is -2.05. The van der Waals surface area contributed by atoms with Gasteiger partial charge in [0.05, 0.1) is 17.8 Å². The van der Waals surface area contributed by atoms with Gasteiger partial charge in [-0.15, -0.1) is 5.10 Å². The summed E-state index contributed by atoms with van der Waals surface area (Å²) in [6.45, 7) is 8.00. The van der Waals surface area contributed by atoms with Crippen molar-refractivity contribution in [1.82, 2.24) is 15.0 Å². The summed E-state index contributed by atoms with van der Waals surface area (Å²) in [7, 11) is 0. The molecule has 0 unspecified atom stereocenters. The van der Waals surface area contributed by atoms with Gasteiger partial charge in [0.25, 0.3) is 0 Å². The molecular formula is C19H21N5. The van der Waals surface area contributed by atoms with E-state index in [2.05, 4.69) is 66.4 Å². The first-order valence-corrected chi connectivity index (χ1v) is 8.44. The molecule has 0 saturated carbocycles. The van der Waals surface area contributed by atoms with Gasteiger partial charge in [0.2, 0.25) is 0 Å². The number of benzene rings is 1. The Morgan fingerprint density at radius 3 is 2.88 bits per heavy atom. The summed E-state index contributed by atoms with van der Waals surface area (Å²) >= 11 is 0. The van der Waals surface area contributed by atoms with Crippen LogP contribution in [0.15, 0.2) is 51.5 Å². The average molecular weight is 319 g/mol. The monoisotopic (exact) mass is 319 g/mol. The normalized spacial score (nSPS) is 17.3. The largest absolute Gasteiger partial charge is 0.260 e. The molecular weight excluding hydrogens is 298 g/mol. The molecule has 2 aliphatic rings. The van der Waals surface area contributed by atoms with Gasteiger partial charge in [0.1, 0.15) is 5.52 Å². The van der Waals surface area contributed by atoms with Crippen LogP contribution in [0, 0.1) is 5.92 Å². The molecule has 2 heterocycles. The van der Waals surface area contributed by atoms with Crippen molar-refractivity contribution in [3.8, 4) is 0 Å². The van der Waals surface area contributed by atoms with Crippen molar-refractivity contribution in [3.63, 3.8) is 0 Å². The van der Waals surface area contributed by atoms with Gasteiger partial charge in [-0.25, -0.2) is 9.67 Å². The molecule has 4 rings (SSSR count). The maximum absolute atomic E-state index is 4.77. The number of hydrogen-bond acceptors (Lipinski definition) is 4. The van der Waals surface area contributed by atoms with Crippen molar-refractivity contribution in [3.05, 3.63) is 47.1 Å². The molecule has 5 nitrogen and oxygen atoms in total. The second-order valence-corrected chi connectivity index (χ2v) is 6.84. The highest BCUT2D eigenvalue weighted by Crippen LogP contribution is 2.24. The molecule has 122 valence electrons. The number of fused-ring (bicyclic) bond motifs is 1. The van der Waals surface area contributed by atoms with E-state index in [4.69, 9.17) is 4.99 Å². The van der Waals surface area contributed by atoms with Gasteiger partial charge in [0, 0.05) is 17.7 Å². The Hall–Kier alpha value is -2.56. The summed E-state index contributed by atoms with van der Waals surface area (Å²) in [5.41, 5.74) is 6.60. The fourth-order valence-corrected chi connectivity index (χ4v) is 3.18. The fourth-order valence-electron chi connectivity index (χ4n) is 3.18. The second kappa shape index (κ2) is 5.82. The van der Waals surface area contributed by atoms with Crippen molar-refractivity contribution in [2.75, 3.05) is 6.54 Å². The first kappa shape index (κ1) is 15.0. The van der Waals surface area contributed by atoms with E-state index in [9.17, 15) is 0 Å². The van der Waals surface area contributed by atoms with Crippen LogP contribution >= 0.6 is 0 Å². The highest BCUT2D eigenvalue weighted by molar-refractivity contribution is 6.18. The maximum atomic E-state index is 4.77. The molecule has 1 aliphatic heterocycles. The van der Waals surface area contributed by atoms with Gasteiger partial charge in [0.15, 0.2) is 5.84 Å². The number of aromatic nitrogens is 3. The summed E-state index contributed by atoms with van der Waals surface area (Å²) in [6.07, 6.45) is 5.24. The zero-order valence-corrected chi connectivity index (χ0v) is 14.3. The van der Waals surface area contributed by atoms with Crippen LogP contribution in [-0.2, 0) is 6.54 Å². The van der Waals surface area contributed by atoms with Crippen molar-refractivity contribution in [1.29, 1.82) is 0 Å². The van der Waals surface area contributed by atoms with E-state index < -0.39 is 0 Å². The topological polar surface area (TPSA) is 55.4 Å². The third kappa shape index (κ3) is 2.60. The van der Waals surface area contributed by atoms with Crippen molar-refractivity contribution in [2.24, 2.45) is 15.9 Å².